The standard InChI is InChI=1S/C9H8O7S.Na.H/c1-4-2-5(8(10)11)7(17(14,15)16)6(3-4)9(12)13;;/h2-3H,1H3,(H,10,11)(H,12,13)(H,14,15,16);;. The fourth-order valence-electron chi connectivity index (χ4n) is 1.37. The zero-order chi connectivity index (χ0) is 13.4. The average molecular weight is 284 g/mol. The Balaban J connectivity index is 0.00000289. The van der Waals surface area contributed by atoms with Crippen molar-refractivity contribution in [3.05, 3.63) is 28.8 Å². The topological polar surface area (TPSA) is 129 Å². The first-order chi connectivity index (χ1) is 7.64. The molecule has 0 aromatic heterocycles. The number of benzene rings is 1. The molecule has 7 nitrogen and oxygen atoms in total. The third kappa shape index (κ3) is 3.53. The Morgan fingerprint density at radius 1 is 1.06 bits per heavy atom. The third-order valence-corrected chi connectivity index (χ3v) is 2.91. The SMILES string of the molecule is Cc1cc(C(=O)O)c(S(=O)(=O)O)c(C(=O)O)c1.[NaH]. The number of rotatable bonds is 3. The molecule has 0 unspecified atom stereocenters. The normalized spacial score (nSPS) is 10.6. The molecule has 0 aliphatic rings. The van der Waals surface area contributed by atoms with Crippen LogP contribution in [0.5, 0.6) is 0 Å². The molecule has 1 rings (SSSR count). The van der Waals surface area contributed by atoms with E-state index in [2.05, 4.69) is 0 Å². The molecule has 0 spiro atoms. The van der Waals surface area contributed by atoms with E-state index in [0.717, 1.165) is 12.1 Å². The molecule has 18 heavy (non-hydrogen) atoms. The van der Waals surface area contributed by atoms with Crippen LogP contribution in [0.25, 0.3) is 0 Å². The van der Waals surface area contributed by atoms with E-state index in [1.54, 1.807) is 0 Å². The Kier molecular flexibility index (Phi) is 5.51. The molecule has 1 aromatic rings. The molecular weight excluding hydrogens is 275 g/mol. The third-order valence-electron chi connectivity index (χ3n) is 1.95. The maximum atomic E-state index is 11.0. The van der Waals surface area contributed by atoms with Crippen LogP contribution < -0.4 is 0 Å². The van der Waals surface area contributed by atoms with Gasteiger partial charge in [0.15, 0.2) is 0 Å². The summed E-state index contributed by atoms with van der Waals surface area (Å²) in [4.78, 5) is 20.5. The molecule has 3 N–H and O–H groups in total. The molecule has 9 heteroatoms. The Hall–Kier alpha value is -0.930. The first kappa shape index (κ1) is 17.1. The molecule has 0 aliphatic carbocycles. The summed E-state index contributed by atoms with van der Waals surface area (Å²) in [6.07, 6.45) is 0. The van der Waals surface area contributed by atoms with Crippen molar-refractivity contribution in [1.29, 1.82) is 0 Å². The van der Waals surface area contributed by atoms with Gasteiger partial charge in [-0.2, -0.15) is 8.42 Å². The quantitative estimate of drug-likeness (QED) is 0.525. The van der Waals surface area contributed by atoms with E-state index in [4.69, 9.17) is 14.8 Å². The van der Waals surface area contributed by atoms with Crippen molar-refractivity contribution in [1.82, 2.24) is 0 Å². The Labute approximate surface area is 124 Å². The summed E-state index contributed by atoms with van der Waals surface area (Å²) in [5.74, 6) is -3.27. The predicted octanol–water partition coefficient (Wildman–Crippen LogP) is -0.0104. The van der Waals surface area contributed by atoms with Crippen LogP contribution in [0.3, 0.4) is 0 Å². The number of carboxylic acid groups (broad SMARTS) is 2. The summed E-state index contributed by atoms with van der Waals surface area (Å²) in [5, 5.41) is 17.6. The van der Waals surface area contributed by atoms with Gasteiger partial charge in [-0.1, -0.05) is 0 Å². The second kappa shape index (κ2) is 5.81. The van der Waals surface area contributed by atoms with Gasteiger partial charge in [-0.15, -0.1) is 0 Å². The van der Waals surface area contributed by atoms with Gasteiger partial charge in [-0.05, 0) is 24.6 Å². The fraction of sp³-hybridized carbons (Fsp3) is 0.111. The Bertz CT molecular complexity index is 570. The van der Waals surface area contributed by atoms with Crippen LogP contribution in [0.4, 0.5) is 0 Å². The van der Waals surface area contributed by atoms with Gasteiger partial charge in [0.1, 0.15) is 4.90 Å². The van der Waals surface area contributed by atoms with E-state index in [1.807, 2.05) is 0 Å². The molecule has 0 heterocycles. The van der Waals surface area contributed by atoms with E-state index >= 15 is 0 Å². The molecule has 0 bridgehead atoms. The zero-order valence-corrected chi connectivity index (χ0v) is 9.35. The van der Waals surface area contributed by atoms with E-state index in [9.17, 15) is 18.0 Å². The van der Waals surface area contributed by atoms with Gasteiger partial charge in [0.2, 0.25) is 0 Å². The second-order valence-corrected chi connectivity index (χ2v) is 4.63. The zero-order valence-electron chi connectivity index (χ0n) is 8.54. The van der Waals surface area contributed by atoms with Gasteiger partial charge in [-0.3, -0.25) is 4.55 Å². The number of hydrogen-bond acceptors (Lipinski definition) is 4. The number of carboxylic acids is 2. The minimum atomic E-state index is -4.93. The van der Waals surface area contributed by atoms with Crippen LogP contribution in [0.2, 0.25) is 0 Å². The molecule has 0 saturated heterocycles. The molecule has 0 radical (unpaired) electrons. The summed E-state index contributed by atoms with van der Waals surface area (Å²) in [7, 11) is -4.93. The molecule has 0 saturated carbocycles. The minimum absolute atomic E-state index is 0. The van der Waals surface area contributed by atoms with Gasteiger partial charge in [0.05, 0.1) is 11.1 Å². The number of aryl methyl sites for hydroxylation is 1. The van der Waals surface area contributed by atoms with E-state index in [-0.39, 0.29) is 35.1 Å². The molecule has 1 aromatic carbocycles. The van der Waals surface area contributed by atoms with Gasteiger partial charge >= 0.3 is 41.5 Å². The van der Waals surface area contributed by atoms with Crippen LogP contribution in [0, 0.1) is 6.92 Å². The number of carbonyl (C=O) groups is 2. The van der Waals surface area contributed by atoms with E-state index < -0.39 is 38.1 Å². The maximum absolute atomic E-state index is 11.0. The number of aromatic carboxylic acids is 2. The van der Waals surface area contributed by atoms with Gasteiger partial charge in [0, 0.05) is 0 Å². The van der Waals surface area contributed by atoms with Gasteiger partial charge in [0.25, 0.3) is 10.1 Å². The first-order valence-corrected chi connectivity index (χ1v) is 5.67. The summed E-state index contributed by atoms with van der Waals surface area (Å²) in [6, 6.07) is 1.94. The molecule has 0 fully saturated rings. The van der Waals surface area contributed by atoms with Crippen LogP contribution >= 0.6 is 0 Å². The average Bonchev–Trinajstić information content (AvgIpc) is 2.14. The van der Waals surface area contributed by atoms with Crippen molar-refractivity contribution in [3.8, 4) is 0 Å². The summed E-state index contributed by atoms with van der Waals surface area (Å²) in [6.45, 7) is 1.41. The summed E-state index contributed by atoms with van der Waals surface area (Å²) >= 11 is 0. The van der Waals surface area contributed by atoms with Crippen LogP contribution in [-0.4, -0.2) is 64.7 Å². The van der Waals surface area contributed by atoms with E-state index in [0.29, 0.717) is 0 Å². The molecular formula is C9H9NaO7S. The van der Waals surface area contributed by atoms with Crippen LogP contribution in [0.15, 0.2) is 17.0 Å². The second-order valence-electron chi connectivity index (χ2n) is 3.27. The van der Waals surface area contributed by atoms with Crippen molar-refractivity contribution in [2.45, 2.75) is 11.8 Å². The van der Waals surface area contributed by atoms with Crippen LogP contribution in [0.1, 0.15) is 26.3 Å². The summed E-state index contributed by atoms with van der Waals surface area (Å²) < 4.78 is 30.9. The van der Waals surface area contributed by atoms with Crippen molar-refractivity contribution in [2.24, 2.45) is 0 Å². The predicted molar refractivity (Wildman–Crippen MR) is 62.1 cm³/mol. The van der Waals surface area contributed by atoms with Crippen LogP contribution in [-0.2, 0) is 10.1 Å². The van der Waals surface area contributed by atoms with Crippen molar-refractivity contribution in [2.75, 3.05) is 0 Å². The summed E-state index contributed by atoms with van der Waals surface area (Å²) in [5.41, 5.74) is -1.29. The monoisotopic (exact) mass is 284 g/mol. The van der Waals surface area contributed by atoms with Crippen molar-refractivity contribution < 1.29 is 32.8 Å². The van der Waals surface area contributed by atoms with Crippen molar-refractivity contribution in [3.63, 3.8) is 0 Å². The molecule has 0 atom stereocenters. The van der Waals surface area contributed by atoms with Gasteiger partial charge < -0.3 is 10.2 Å². The Morgan fingerprint density at radius 3 is 1.61 bits per heavy atom. The number of hydrogen-bond donors (Lipinski definition) is 3. The molecule has 0 aliphatic heterocycles. The molecule has 94 valence electrons. The van der Waals surface area contributed by atoms with Gasteiger partial charge in [-0.25, -0.2) is 9.59 Å². The fourth-order valence-corrected chi connectivity index (χ4v) is 2.22. The van der Waals surface area contributed by atoms with E-state index in [1.165, 1.54) is 6.92 Å². The molecule has 0 amide bonds. The first-order valence-electron chi connectivity index (χ1n) is 4.23. The Morgan fingerprint density at radius 2 is 1.39 bits per heavy atom. The van der Waals surface area contributed by atoms with Crippen molar-refractivity contribution >= 4 is 51.6 Å².